The lowest BCUT2D eigenvalue weighted by atomic mass is 9.96. The fourth-order valence-corrected chi connectivity index (χ4v) is 7.07. The SMILES string of the molecule is CC(=O)OC[C@H]1O[C@@H](n2c3ccccc3c3c4c(c5c6cccnc6[nH]c5c32)C(=O)N(CO)C4=O)[C@H](OC(C)=O)[C@@H](OC(C)=O)[C@@H]1OC(C)=O. The van der Waals surface area contributed by atoms with E-state index in [-0.39, 0.29) is 11.1 Å². The van der Waals surface area contributed by atoms with Crippen LogP contribution in [0.4, 0.5) is 0 Å². The minimum atomic E-state index is -1.48. The summed E-state index contributed by atoms with van der Waals surface area (Å²) in [6.45, 7) is 3.25. The number of nitrogens with zero attached hydrogens (tertiary/aromatic N) is 3. The Morgan fingerprint density at radius 3 is 2.10 bits per heavy atom. The number of imide groups is 1. The van der Waals surface area contributed by atoms with Gasteiger partial charge in [0, 0.05) is 55.4 Å². The fourth-order valence-electron chi connectivity index (χ4n) is 7.07. The van der Waals surface area contributed by atoms with E-state index in [1.165, 1.54) is 6.92 Å². The third-order valence-electron chi connectivity index (χ3n) is 8.75. The Morgan fingerprint density at radius 1 is 0.820 bits per heavy atom. The van der Waals surface area contributed by atoms with E-state index in [2.05, 4.69) is 9.97 Å². The summed E-state index contributed by atoms with van der Waals surface area (Å²) < 4.78 is 30.6. The number of fused-ring (bicyclic) bond motifs is 10. The number of esters is 4. The summed E-state index contributed by atoms with van der Waals surface area (Å²) in [7, 11) is 0. The number of pyridine rings is 1. The van der Waals surface area contributed by atoms with Crippen LogP contribution in [0.15, 0.2) is 42.6 Å². The monoisotopic (exact) mass is 686 g/mol. The van der Waals surface area contributed by atoms with Crippen molar-refractivity contribution in [1.29, 1.82) is 0 Å². The third kappa shape index (κ3) is 5.02. The van der Waals surface area contributed by atoms with Gasteiger partial charge in [0.2, 0.25) is 0 Å². The topological polar surface area (TPSA) is 206 Å². The Bertz CT molecular complexity index is 2290. The van der Waals surface area contributed by atoms with E-state index >= 15 is 0 Å². The lowest BCUT2D eigenvalue weighted by Gasteiger charge is -2.45. The van der Waals surface area contributed by atoms with Crippen molar-refractivity contribution in [2.45, 2.75) is 58.3 Å². The van der Waals surface area contributed by atoms with Gasteiger partial charge in [-0.3, -0.25) is 33.7 Å². The lowest BCUT2D eigenvalue weighted by Crippen LogP contribution is -2.60. The number of carbonyl (C=O) groups excluding carboxylic acids is 6. The van der Waals surface area contributed by atoms with Crippen LogP contribution in [-0.2, 0) is 42.9 Å². The molecule has 5 aromatic rings. The van der Waals surface area contributed by atoms with Crippen LogP contribution in [0.2, 0.25) is 0 Å². The summed E-state index contributed by atoms with van der Waals surface area (Å²) in [4.78, 5) is 85.8. The van der Waals surface area contributed by atoms with Gasteiger partial charge in [0.25, 0.3) is 11.8 Å². The Balaban J connectivity index is 1.61. The quantitative estimate of drug-likeness (QED) is 0.144. The van der Waals surface area contributed by atoms with Crippen molar-refractivity contribution in [2.75, 3.05) is 13.3 Å². The number of ether oxygens (including phenoxy) is 5. The van der Waals surface area contributed by atoms with Crippen molar-refractivity contribution in [3.8, 4) is 0 Å². The molecule has 0 spiro atoms. The summed E-state index contributed by atoms with van der Waals surface area (Å²) >= 11 is 0. The number of H-pyrrole nitrogens is 1. The number of amides is 2. The number of nitrogens with one attached hydrogen (secondary N) is 1. The van der Waals surface area contributed by atoms with Gasteiger partial charge in [-0.2, -0.15) is 0 Å². The standard InChI is InChI=1S/C34H30N4O12/c1-14(40)46-12-21-28(47-15(2)41)29(48-16(3)42)30(49-17(4)43)34(50-21)38-20-10-6-5-8-18(20)23-25-24(32(44)37(13-39)33(25)45)22-19-9-7-11-35-31(19)36-26(22)27(23)38/h5-11,21,28-30,34,39H,12-13H2,1-4H3,(H,35,36)/t21-,28-,29+,30-,34-/m1/s1. The van der Waals surface area contributed by atoms with Crippen molar-refractivity contribution in [1.82, 2.24) is 19.4 Å². The predicted octanol–water partition coefficient (Wildman–Crippen LogP) is 2.63. The maximum Gasteiger partial charge on any atom is 0.303 e. The van der Waals surface area contributed by atoms with Crippen molar-refractivity contribution < 1.29 is 57.6 Å². The second-order valence-electron chi connectivity index (χ2n) is 11.9. The highest BCUT2D eigenvalue weighted by Crippen LogP contribution is 2.47. The van der Waals surface area contributed by atoms with Crippen LogP contribution in [0.1, 0.15) is 54.6 Å². The molecule has 2 amide bonds. The summed E-state index contributed by atoms with van der Waals surface area (Å²) in [5.74, 6) is -4.47. The van der Waals surface area contributed by atoms with Crippen LogP contribution in [-0.4, -0.2) is 98.0 Å². The number of carbonyl (C=O) groups is 6. The highest BCUT2D eigenvalue weighted by Gasteiger charge is 2.54. The molecule has 1 fully saturated rings. The first kappa shape index (κ1) is 32.7. The number of aromatic nitrogens is 3. The minimum absolute atomic E-state index is 0.0249. The highest BCUT2D eigenvalue weighted by atomic mass is 16.7. The van der Waals surface area contributed by atoms with E-state index in [1.807, 2.05) is 0 Å². The van der Waals surface area contributed by atoms with E-state index in [9.17, 15) is 33.9 Å². The summed E-state index contributed by atoms with van der Waals surface area (Å²) in [6.07, 6.45) is -5.45. The first-order valence-corrected chi connectivity index (χ1v) is 15.5. The molecule has 16 heteroatoms. The molecule has 50 heavy (non-hydrogen) atoms. The summed E-state index contributed by atoms with van der Waals surface area (Å²) in [5.41, 5.74) is 1.59. The van der Waals surface area contributed by atoms with Crippen molar-refractivity contribution in [3.63, 3.8) is 0 Å². The van der Waals surface area contributed by atoms with Crippen LogP contribution >= 0.6 is 0 Å². The third-order valence-corrected chi connectivity index (χ3v) is 8.75. The molecule has 258 valence electrons. The molecule has 2 aliphatic heterocycles. The van der Waals surface area contributed by atoms with Crippen molar-refractivity contribution in [2.24, 2.45) is 0 Å². The van der Waals surface area contributed by atoms with Crippen LogP contribution in [0, 0.1) is 0 Å². The molecule has 0 aliphatic carbocycles. The molecule has 2 aliphatic rings. The molecule has 0 radical (unpaired) electrons. The largest absolute Gasteiger partial charge is 0.463 e. The number of hydrogen-bond donors (Lipinski definition) is 2. The smallest absolute Gasteiger partial charge is 0.303 e. The Hall–Kier alpha value is -5.87. The zero-order valence-electron chi connectivity index (χ0n) is 27.1. The molecular formula is C34H30N4O12. The molecule has 0 unspecified atom stereocenters. The number of hydrogen-bond acceptors (Lipinski definition) is 13. The van der Waals surface area contributed by atoms with Gasteiger partial charge in [-0.15, -0.1) is 0 Å². The molecule has 7 rings (SSSR count). The Morgan fingerprint density at radius 2 is 1.44 bits per heavy atom. The van der Waals surface area contributed by atoms with Crippen LogP contribution in [0.25, 0.3) is 43.7 Å². The molecule has 0 bridgehead atoms. The predicted molar refractivity (Wildman–Crippen MR) is 171 cm³/mol. The Labute approximate surface area is 281 Å². The average molecular weight is 687 g/mol. The number of aromatic amines is 1. The first-order valence-electron chi connectivity index (χ1n) is 15.5. The van der Waals surface area contributed by atoms with Gasteiger partial charge in [-0.25, -0.2) is 4.98 Å². The molecule has 3 aromatic heterocycles. The normalized spacial score (nSPS) is 21.9. The minimum Gasteiger partial charge on any atom is -0.463 e. The maximum absolute atomic E-state index is 14.0. The number of aliphatic hydroxyl groups is 1. The van der Waals surface area contributed by atoms with Gasteiger partial charge in [0.1, 0.15) is 25.1 Å². The van der Waals surface area contributed by atoms with Gasteiger partial charge in [-0.05, 0) is 18.2 Å². The van der Waals surface area contributed by atoms with Gasteiger partial charge in [-0.1, -0.05) is 18.2 Å². The van der Waals surface area contributed by atoms with Crippen LogP contribution in [0.3, 0.4) is 0 Å². The molecule has 5 heterocycles. The van der Waals surface area contributed by atoms with Crippen LogP contribution in [0.5, 0.6) is 0 Å². The average Bonchev–Trinajstić information content (AvgIpc) is 3.68. The molecule has 1 saturated heterocycles. The fraction of sp³-hybridized carbons (Fsp3) is 0.324. The summed E-state index contributed by atoms with van der Waals surface area (Å²) in [6, 6.07) is 10.3. The highest BCUT2D eigenvalue weighted by molar-refractivity contribution is 6.39. The number of rotatable bonds is 7. The van der Waals surface area contributed by atoms with E-state index in [1.54, 1.807) is 47.2 Å². The van der Waals surface area contributed by atoms with Crippen molar-refractivity contribution in [3.05, 3.63) is 53.7 Å². The molecular weight excluding hydrogens is 656 g/mol. The molecule has 16 nitrogen and oxygen atoms in total. The molecule has 5 atom stereocenters. The molecule has 2 aromatic carbocycles. The first-order chi connectivity index (χ1) is 23.9. The van der Waals surface area contributed by atoms with Gasteiger partial charge in [0.15, 0.2) is 24.5 Å². The number of para-hydroxylation sites is 1. The zero-order valence-corrected chi connectivity index (χ0v) is 27.1. The van der Waals surface area contributed by atoms with E-state index in [0.717, 1.165) is 25.7 Å². The Kier molecular flexibility index (Phi) is 7.99. The van der Waals surface area contributed by atoms with Crippen molar-refractivity contribution >= 4 is 79.4 Å². The zero-order chi connectivity index (χ0) is 35.6. The van der Waals surface area contributed by atoms with E-state index in [0.29, 0.717) is 43.7 Å². The van der Waals surface area contributed by atoms with E-state index in [4.69, 9.17) is 23.7 Å². The molecule has 0 saturated carbocycles. The second kappa shape index (κ2) is 12.2. The van der Waals surface area contributed by atoms with Crippen LogP contribution < -0.4 is 0 Å². The van der Waals surface area contributed by atoms with Gasteiger partial charge >= 0.3 is 23.9 Å². The second-order valence-corrected chi connectivity index (χ2v) is 11.9. The van der Waals surface area contributed by atoms with Gasteiger partial charge in [0.05, 0.1) is 27.7 Å². The van der Waals surface area contributed by atoms with Gasteiger partial charge < -0.3 is 38.3 Å². The summed E-state index contributed by atoms with van der Waals surface area (Å²) in [5, 5.41) is 11.8. The lowest BCUT2D eigenvalue weighted by molar-refractivity contribution is -0.267. The maximum atomic E-state index is 14.0. The number of benzene rings is 2. The number of aliphatic hydroxyl groups excluding tert-OH is 1. The molecule has 2 N–H and O–H groups in total. The van der Waals surface area contributed by atoms with E-state index < -0.39 is 79.7 Å².